The van der Waals surface area contributed by atoms with Gasteiger partial charge in [-0.2, -0.15) is 0 Å². The van der Waals surface area contributed by atoms with Crippen LogP contribution in [0.15, 0.2) is 0 Å². The van der Waals surface area contributed by atoms with Crippen molar-refractivity contribution in [3.05, 3.63) is 0 Å². The largest absolute Gasteiger partial charge is 0.336 e. The van der Waals surface area contributed by atoms with Crippen molar-refractivity contribution in [3.63, 3.8) is 0 Å². The summed E-state index contributed by atoms with van der Waals surface area (Å²) in [6, 6.07) is 0.890. The van der Waals surface area contributed by atoms with E-state index >= 15 is 0 Å². The van der Waals surface area contributed by atoms with Crippen LogP contribution in [0.2, 0.25) is 0 Å². The first-order valence-electron chi connectivity index (χ1n) is 8.21. The van der Waals surface area contributed by atoms with E-state index in [4.69, 9.17) is 0 Å². The van der Waals surface area contributed by atoms with Crippen molar-refractivity contribution in [1.29, 1.82) is 0 Å². The summed E-state index contributed by atoms with van der Waals surface area (Å²) in [4.78, 5) is 15.3. The Morgan fingerprint density at radius 1 is 1.21 bits per heavy atom. The summed E-state index contributed by atoms with van der Waals surface area (Å²) in [5.41, 5.74) is -0.0248. The van der Waals surface area contributed by atoms with Crippen molar-refractivity contribution < 1.29 is 4.79 Å². The highest BCUT2D eigenvalue weighted by molar-refractivity contribution is 5.83. The lowest BCUT2D eigenvalue weighted by molar-refractivity contribution is -0.146. The molecule has 1 amide bonds. The quantitative estimate of drug-likeness (QED) is 0.848. The molecular weight excluding hydrogens is 236 g/mol. The van der Waals surface area contributed by atoms with E-state index in [2.05, 4.69) is 31.0 Å². The molecule has 2 fully saturated rings. The molecule has 1 saturated carbocycles. The van der Waals surface area contributed by atoms with Gasteiger partial charge in [0, 0.05) is 30.6 Å². The van der Waals surface area contributed by atoms with Crippen LogP contribution < -0.4 is 5.32 Å². The molecule has 2 atom stereocenters. The minimum atomic E-state index is -0.0248. The van der Waals surface area contributed by atoms with Gasteiger partial charge in [-0.05, 0) is 32.1 Å². The molecule has 110 valence electrons. The second kappa shape index (κ2) is 6.25. The lowest BCUT2D eigenvalue weighted by atomic mass is 9.81. The van der Waals surface area contributed by atoms with E-state index in [-0.39, 0.29) is 5.41 Å². The van der Waals surface area contributed by atoms with E-state index in [1.54, 1.807) is 0 Å². The molecule has 2 unspecified atom stereocenters. The van der Waals surface area contributed by atoms with Gasteiger partial charge in [0.05, 0.1) is 0 Å². The fourth-order valence-electron chi connectivity index (χ4n) is 3.83. The Kier molecular flexibility index (Phi) is 4.88. The normalized spacial score (nSPS) is 30.6. The summed E-state index contributed by atoms with van der Waals surface area (Å²) in [6.07, 6.45) is 7.88. The van der Waals surface area contributed by atoms with E-state index in [0.29, 0.717) is 18.0 Å². The molecule has 0 spiro atoms. The van der Waals surface area contributed by atoms with Crippen molar-refractivity contribution in [1.82, 2.24) is 10.2 Å². The van der Waals surface area contributed by atoms with Gasteiger partial charge in [-0.25, -0.2) is 0 Å². The molecule has 2 rings (SSSR count). The second-order valence-corrected chi connectivity index (χ2v) is 6.37. The Labute approximate surface area is 118 Å². The minimum Gasteiger partial charge on any atom is -0.336 e. The first kappa shape index (κ1) is 14.8. The van der Waals surface area contributed by atoms with Gasteiger partial charge < -0.3 is 10.2 Å². The zero-order valence-electron chi connectivity index (χ0n) is 12.9. The van der Waals surface area contributed by atoms with Crippen molar-refractivity contribution in [3.8, 4) is 0 Å². The summed E-state index contributed by atoms with van der Waals surface area (Å²) in [6.45, 7) is 8.49. The van der Waals surface area contributed by atoms with Crippen LogP contribution in [0.1, 0.15) is 65.7 Å². The highest BCUT2D eigenvalue weighted by Gasteiger charge is 2.44. The van der Waals surface area contributed by atoms with Gasteiger partial charge in [-0.3, -0.25) is 4.79 Å². The van der Waals surface area contributed by atoms with Crippen LogP contribution in [0.5, 0.6) is 0 Å². The zero-order valence-corrected chi connectivity index (χ0v) is 12.9. The first-order chi connectivity index (χ1) is 9.16. The average Bonchev–Trinajstić information content (AvgIpc) is 2.95. The van der Waals surface area contributed by atoms with Gasteiger partial charge in [0.1, 0.15) is 0 Å². The third-order valence-electron chi connectivity index (χ3n) is 5.42. The smallest absolute Gasteiger partial charge is 0.229 e. The number of piperazine rings is 1. The molecule has 0 aromatic rings. The highest BCUT2D eigenvalue weighted by Crippen LogP contribution is 2.43. The third kappa shape index (κ3) is 2.81. The maximum absolute atomic E-state index is 13.1. The number of nitrogens with one attached hydrogen (secondary N) is 1. The van der Waals surface area contributed by atoms with Gasteiger partial charge in [0.2, 0.25) is 5.91 Å². The fourth-order valence-corrected chi connectivity index (χ4v) is 3.83. The molecule has 0 bridgehead atoms. The zero-order chi connectivity index (χ0) is 13.9. The van der Waals surface area contributed by atoms with Crippen LogP contribution in [-0.4, -0.2) is 36.0 Å². The molecule has 0 aromatic carbocycles. The minimum absolute atomic E-state index is 0.0248. The van der Waals surface area contributed by atoms with Gasteiger partial charge in [0.15, 0.2) is 0 Å². The molecule has 1 saturated heterocycles. The molecule has 1 aliphatic heterocycles. The van der Waals surface area contributed by atoms with Crippen LogP contribution in [0.25, 0.3) is 0 Å². The summed E-state index contributed by atoms with van der Waals surface area (Å²) in [5, 5.41) is 3.58. The lowest BCUT2D eigenvalue weighted by Gasteiger charge is -2.44. The Hall–Kier alpha value is -0.570. The van der Waals surface area contributed by atoms with Crippen molar-refractivity contribution >= 4 is 5.91 Å². The van der Waals surface area contributed by atoms with E-state index in [0.717, 1.165) is 45.2 Å². The monoisotopic (exact) mass is 266 g/mol. The van der Waals surface area contributed by atoms with E-state index in [1.807, 2.05) is 0 Å². The van der Waals surface area contributed by atoms with Crippen LogP contribution in [0.3, 0.4) is 0 Å². The predicted octanol–water partition coefficient (Wildman–Crippen LogP) is 2.95. The molecular formula is C16H30N2O. The van der Waals surface area contributed by atoms with Gasteiger partial charge in [-0.1, -0.05) is 33.6 Å². The lowest BCUT2D eigenvalue weighted by Crippen LogP contribution is -2.60. The number of hydrogen-bond acceptors (Lipinski definition) is 2. The average molecular weight is 266 g/mol. The van der Waals surface area contributed by atoms with Gasteiger partial charge in [0.25, 0.3) is 0 Å². The van der Waals surface area contributed by atoms with Crippen molar-refractivity contribution in [2.45, 2.75) is 77.8 Å². The first-order valence-corrected chi connectivity index (χ1v) is 8.21. The van der Waals surface area contributed by atoms with E-state index < -0.39 is 0 Å². The molecule has 19 heavy (non-hydrogen) atoms. The van der Waals surface area contributed by atoms with E-state index in [9.17, 15) is 4.79 Å². The Morgan fingerprint density at radius 2 is 1.89 bits per heavy atom. The molecule has 3 heteroatoms. The summed E-state index contributed by atoms with van der Waals surface area (Å²) >= 11 is 0. The number of carbonyl (C=O) groups is 1. The predicted molar refractivity (Wildman–Crippen MR) is 79.1 cm³/mol. The van der Waals surface area contributed by atoms with Gasteiger partial charge in [-0.15, -0.1) is 0 Å². The van der Waals surface area contributed by atoms with Crippen LogP contribution in [0.4, 0.5) is 0 Å². The van der Waals surface area contributed by atoms with Crippen molar-refractivity contribution in [2.75, 3.05) is 13.1 Å². The molecule has 2 aliphatic rings. The number of rotatable bonds is 4. The number of hydrogen-bond donors (Lipinski definition) is 1. The molecule has 1 heterocycles. The van der Waals surface area contributed by atoms with Crippen LogP contribution in [0, 0.1) is 5.41 Å². The SMILES string of the molecule is CCC1CN(C(=O)C2(CC)CCCC2)C(CC)CN1. The van der Waals surface area contributed by atoms with Crippen molar-refractivity contribution in [2.24, 2.45) is 5.41 Å². The number of nitrogens with zero attached hydrogens (tertiary/aromatic N) is 1. The summed E-state index contributed by atoms with van der Waals surface area (Å²) < 4.78 is 0. The maximum atomic E-state index is 13.1. The topological polar surface area (TPSA) is 32.3 Å². The number of carbonyl (C=O) groups excluding carboxylic acids is 1. The van der Waals surface area contributed by atoms with Gasteiger partial charge >= 0.3 is 0 Å². The molecule has 0 aromatic heterocycles. The summed E-state index contributed by atoms with van der Waals surface area (Å²) in [5.74, 6) is 0.458. The maximum Gasteiger partial charge on any atom is 0.229 e. The second-order valence-electron chi connectivity index (χ2n) is 6.37. The van der Waals surface area contributed by atoms with Crippen LogP contribution in [-0.2, 0) is 4.79 Å². The Balaban J connectivity index is 2.14. The highest BCUT2D eigenvalue weighted by atomic mass is 16.2. The van der Waals surface area contributed by atoms with E-state index in [1.165, 1.54) is 12.8 Å². The fraction of sp³-hybridized carbons (Fsp3) is 0.938. The molecule has 3 nitrogen and oxygen atoms in total. The van der Waals surface area contributed by atoms with Crippen LogP contribution >= 0.6 is 0 Å². The number of amides is 1. The standard InChI is InChI=1S/C16H30N2O/c1-4-13-12-18(14(5-2)11-17-13)15(19)16(6-3)9-7-8-10-16/h13-14,17H,4-12H2,1-3H3. The third-order valence-corrected chi connectivity index (χ3v) is 5.42. The molecule has 0 radical (unpaired) electrons. The summed E-state index contributed by atoms with van der Waals surface area (Å²) in [7, 11) is 0. The Bertz CT molecular complexity index is 310. The molecule has 1 N–H and O–H groups in total. The Morgan fingerprint density at radius 3 is 2.42 bits per heavy atom. The molecule has 1 aliphatic carbocycles.